The first-order chi connectivity index (χ1) is 7.84. The number of halogens is 1. The molecule has 0 fully saturated rings. The fraction of sp³-hybridized carbons (Fsp3) is 0.231. The van der Waals surface area contributed by atoms with Gasteiger partial charge in [0.1, 0.15) is 0 Å². The van der Waals surface area contributed by atoms with Crippen LogP contribution in [-0.4, -0.2) is 11.5 Å². The van der Waals surface area contributed by atoms with Crippen molar-refractivity contribution in [3.63, 3.8) is 0 Å². The van der Waals surface area contributed by atoms with Gasteiger partial charge in [0.25, 0.3) is 0 Å². The number of aromatic nitrogens is 1. The average Bonchev–Trinajstić information content (AvgIpc) is 2.73. The van der Waals surface area contributed by atoms with Crippen LogP contribution in [0.3, 0.4) is 0 Å². The first kappa shape index (κ1) is 10.1. The number of hydrogen-bond acceptors (Lipinski definition) is 1. The van der Waals surface area contributed by atoms with Gasteiger partial charge in [0.15, 0.2) is 0 Å². The monoisotopic (exact) mass is 276 g/mol. The Balaban J connectivity index is 2.07. The maximum Gasteiger partial charge on any atom is 0.0470 e. The molecule has 1 aromatic carbocycles. The average molecular weight is 277 g/mol. The van der Waals surface area contributed by atoms with Gasteiger partial charge < -0.3 is 10.3 Å². The van der Waals surface area contributed by atoms with Crippen molar-refractivity contribution in [2.45, 2.75) is 13.0 Å². The van der Waals surface area contributed by atoms with E-state index >= 15 is 0 Å². The lowest BCUT2D eigenvalue weighted by atomic mass is 10.1. The summed E-state index contributed by atoms with van der Waals surface area (Å²) in [5.74, 6) is 0. The lowest BCUT2D eigenvalue weighted by Gasteiger charge is -2.11. The van der Waals surface area contributed by atoms with E-state index in [1.165, 1.54) is 22.5 Å². The van der Waals surface area contributed by atoms with Gasteiger partial charge in [0.05, 0.1) is 0 Å². The quantitative estimate of drug-likeness (QED) is 0.823. The van der Waals surface area contributed by atoms with Crippen LogP contribution in [0, 0.1) is 0 Å². The molecule has 1 aliphatic rings. The summed E-state index contributed by atoms with van der Waals surface area (Å²) in [6.45, 7) is 2.05. The molecule has 3 rings (SSSR count). The Morgan fingerprint density at radius 1 is 1.19 bits per heavy atom. The molecule has 82 valence electrons. The van der Waals surface area contributed by atoms with E-state index in [0.717, 1.165) is 24.0 Å². The van der Waals surface area contributed by atoms with E-state index in [1.54, 1.807) is 0 Å². The molecule has 16 heavy (non-hydrogen) atoms. The molecule has 2 heterocycles. The van der Waals surface area contributed by atoms with Gasteiger partial charge >= 0.3 is 0 Å². The highest BCUT2D eigenvalue weighted by atomic mass is 79.9. The third kappa shape index (κ3) is 1.70. The molecule has 0 radical (unpaired) electrons. The van der Waals surface area contributed by atoms with E-state index in [2.05, 4.69) is 50.5 Å². The molecule has 2 N–H and O–H groups in total. The number of fused-ring (bicyclic) bond motifs is 1. The smallest absolute Gasteiger partial charge is 0.0470 e. The SMILES string of the molecule is Brc1ccccc1-c1cc2c([nH]1)CCNC2. The maximum absolute atomic E-state index is 3.59. The Kier molecular flexibility index (Phi) is 2.58. The minimum atomic E-state index is 0.982. The van der Waals surface area contributed by atoms with Crippen LogP contribution in [0.1, 0.15) is 11.3 Å². The first-order valence-corrected chi connectivity index (χ1v) is 6.30. The van der Waals surface area contributed by atoms with E-state index in [1.807, 2.05) is 6.07 Å². The van der Waals surface area contributed by atoms with Gasteiger partial charge in [-0.25, -0.2) is 0 Å². The maximum atomic E-state index is 3.59. The zero-order valence-electron chi connectivity index (χ0n) is 8.89. The first-order valence-electron chi connectivity index (χ1n) is 5.51. The minimum absolute atomic E-state index is 0.982. The zero-order chi connectivity index (χ0) is 11.0. The summed E-state index contributed by atoms with van der Waals surface area (Å²) in [7, 11) is 0. The predicted molar refractivity (Wildman–Crippen MR) is 69.3 cm³/mol. The highest BCUT2D eigenvalue weighted by Crippen LogP contribution is 2.29. The topological polar surface area (TPSA) is 27.8 Å². The molecule has 0 saturated carbocycles. The van der Waals surface area contributed by atoms with Gasteiger partial charge in [-0.3, -0.25) is 0 Å². The van der Waals surface area contributed by atoms with Crippen molar-refractivity contribution in [3.05, 3.63) is 46.1 Å². The molecule has 0 amide bonds. The summed E-state index contributed by atoms with van der Waals surface area (Å²) >= 11 is 3.59. The molecule has 3 heteroatoms. The Morgan fingerprint density at radius 2 is 2.06 bits per heavy atom. The van der Waals surface area contributed by atoms with Crippen molar-refractivity contribution in [2.75, 3.05) is 6.54 Å². The second kappa shape index (κ2) is 4.07. The van der Waals surface area contributed by atoms with Crippen molar-refractivity contribution < 1.29 is 0 Å². The number of aromatic amines is 1. The Bertz CT molecular complexity index is 493. The molecule has 1 aromatic heterocycles. The Morgan fingerprint density at radius 3 is 2.88 bits per heavy atom. The fourth-order valence-corrected chi connectivity index (χ4v) is 2.68. The van der Waals surface area contributed by atoms with Gasteiger partial charge in [-0.15, -0.1) is 0 Å². The molecule has 1 aliphatic heterocycles. The molecular weight excluding hydrogens is 264 g/mol. The van der Waals surface area contributed by atoms with Crippen molar-refractivity contribution in [1.82, 2.24) is 10.3 Å². The summed E-state index contributed by atoms with van der Waals surface area (Å²) in [5.41, 5.74) is 5.22. The predicted octanol–water partition coefficient (Wildman–Crippen LogP) is 3.09. The second-order valence-electron chi connectivity index (χ2n) is 4.09. The minimum Gasteiger partial charge on any atom is -0.358 e. The summed E-state index contributed by atoms with van der Waals surface area (Å²) in [6, 6.07) is 10.6. The van der Waals surface area contributed by atoms with Crippen LogP contribution in [0.15, 0.2) is 34.8 Å². The standard InChI is InChI=1S/C13H13BrN2/c14-11-4-2-1-3-10(11)13-7-9-8-15-6-5-12(9)16-13/h1-4,7,15-16H,5-6,8H2. The van der Waals surface area contributed by atoms with Crippen LogP contribution in [0.5, 0.6) is 0 Å². The van der Waals surface area contributed by atoms with E-state index in [4.69, 9.17) is 0 Å². The summed E-state index contributed by atoms with van der Waals surface area (Å²) in [4.78, 5) is 3.52. The molecule has 0 bridgehead atoms. The van der Waals surface area contributed by atoms with Crippen LogP contribution in [0.25, 0.3) is 11.3 Å². The molecule has 0 aliphatic carbocycles. The van der Waals surface area contributed by atoms with Gasteiger partial charge in [-0.05, 0) is 17.7 Å². The molecule has 0 saturated heterocycles. The lowest BCUT2D eigenvalue weighted by Crippen LogP contribution is -2.22. The normalized spacial score (nSPS) is 14.8. The Labute approximate surface area is 103 Å². The largest absolute Gasteiger partial charge is 0.358 e. The van der Waals surface area contributed by atoms with Gasteiger partial charge in [-0.1, -0.05) is 34.1 Å². The number of benzene rings is 1. The van der Waals surface area contributed by atoms with Gasteiger partial charge in [0, 0.05) is 40.9 Å². The third-order valence-corrected chi connectivity index (χ3v) is 3.71. The highest BCUT2D eigenvalue weighted by molar-refractivity contribution is 9.10. The van der Waals surface area contributed by atoms with Crippen molar-refractivity contribution in [2.24, 2.45) is 0 Å². The summed E-state index contributed by atoms with van der Waals surface area (Å²) in [6.07, 6.45) is 1.10. The van der Waals surface area contributed by atoms with Crippen molar-refractivity contribution in [1.29, 1.82) is 0 Å². The number of hydrogen-bond donors (Lipinski definition) is 2. The summed E-state index contributed by atoms with van der Waals surface area (Å²) < 4.78 is 1.14. The van der Waals surface area contributed by atoms with E-state index in [-0.39, 0.29) is 0 Å². The molecule has 2 aromatic rings. The number of rotatable bonds is 1. The van der Waals surface area contributed by atoms with Crippen molar-refractivity contribution in [3.8, 4) is 11.3 Å². The fourth-order valence-electron chi connectivity index (χ4n) is 2.18. The van der Waals surface area contributed by atoms with Crippen molar-refractivity contribution >= 4 is 15.9 Å². The molecule has 0 atom stereocenters. The van der Waals surface area contributed by atoms with E-state index < -0.39 is 0 Å². The van der Waals surface area contributed by atoms with Gasteiger partial charge in [-0.2, -0.15) is 0 Å². The molecule has 0 unspecified atom stereocenters. The van der Waals surface area contributed by atoms with E-state index in [0.29, 0.717) is 0 Å². The molecular formula is C13H13BrN2. The lowest BCUT2D eigenvalue weighted by molar-refractivity contribution is 0.638. The van der Waals surface area contributed by atoms with Crippen LogP contribution in [-0.2, 0) is 13.0 Å². The van der Waals surface area contributed by atoms with Crippen LogP contribution in [0.4, 0.5) is 0 Å². The van der Waals surface area contributed by atoms with Crippen LogP contribution < -0.4 is 5.32 Å². The number of H-pyrrole nitrogens is 1. The second-order valence-corrected chi connectivity index (χ2v) is 4.95. The third-order valence-electron chi connectivity index (χ3n) is 3.02. The summed E-state index contributed by atoms with van der Waals surface area (Å²) in [5, 5.41) is 3.39. The molecule has 0 spiro atoms. The van der Waals surface area contributed by atoms with Crippen LogP contribution in [0.2, 0.25) is 0 Å². The zero-order valence-corrected chi connectivity index (χ0v) is 10.5. The highest BCUT2D eigenvalue weighted by Gasteiger charge is 2.13. The number of nitrogens with one attached hydrogen (secondary N) is 2. The van der Waals surface area contributed by atoms with Crippen LogP contribution >= 0.6 is 15.9 Å². The van der Waals surface area contributed by atoms with E-state index in [9.17, 15) is 0 Å². The Hall–Kier alpha value is -1.06. The molecule has 2 nitrogen and oxygen atoms in total. The van der Waals surface area contributed by atoms with Gasteiger partial charge in [0.2, 0.25) is 0 Å².